The van der Waals surface area contributed by atoms with Crippen LogP contribution >= 0.6 is 9.69 Å². The van der Waals surface area contributed by atoms with E-state index in [0.29, 0.717) is 19.8 Å². The van der Waals surface area contributed by atoms with Gasteiger partial charge >= 0.3 is 27.0 Å². The van der Waals surface area contributed by atoms with Gasteiger partial charge in [0.2, 0.25) is 10.0 Å². The Hall–Kier alpha value is -2.38. The fourth-order valence-electron chi connectivity index (χ4n) is 4.19. The summed E-state index contributed by atoms with van der Waals surface area (Å²) in [7, 11) is 0.795. The van der Waals surface area contributed by atoms with E-state index in [0.717, 1.165) is 22.3 Å². The average Bonchev–Trinajstić information content (AvgIpc) is 2.97. The van der Waals surface area contributed by atoms with Gasteiger partial charge in [0.15, 0.2) is 0 Å². The van der Waals surface area contributed by atoms with Crippen LogP contribution in [0.25, 0.3) is 0 Å². The quantitative estimate of drug-likeness (QED) is 0.135. The molecule has 0 aliphatic carbocycles. The second kappa shape index (κ2) is 16.0. The van der Waals surface area contributed by atoms with Gasteiger partial charge in [-0.25, -0.2) is 13.1 Å². The van der Waals surface area contributed by atoms with Gasteiger partial charge in [0.05, 0.1) is 30.2 Å². The molecule has 0 unspecified atom stereocenters. The Morgan fingerprint density at radius 1 is 0.718 bits per heavy atom. The molecule has 8 heteroatoms. The van der Waals surface area contributed by atoms with Crippen LogP contribution in [0.15, 0.2) is 114 Å². The molecule has 0 aromatic heterocycles. The summed E-state index contributed by atoms with van der Waals surface area (Å²) >= 11 is 1.82. The molecular formula is C31H34ClN2O3RuS+. The number of hydrogen-bond acceptors (Lipinski definition) is 4. The minimum atomic E-state index is -3.77. The number of nitrogens with one attached hydrogen (secondary N) is 2. The molecule has 0 radical (unpaired) electrons. The number of hydrogen-bond donors (Lipinski definition) is 2. The van der Waals surface area contributed by atoms with Crippen LogP contribution in [0.2, 0.25) is 0 Å². The fraction of sp³-hybridized carbons (Fsp3) is 0.226. The molecule has 0 aliphatic heterocycles. The molecule has 0 fully saturated rings. The number of benzene rings is 4. The van der Waals surface area contributed by atoms with Crippen LogP contribution in [-0.4, -0.2) is 21.6 Å². The van der Waals surface area contributed by atoms with Crippen molar-refractivity contribution in [2.45, 2.75) is 37.4 Å². The molecule has 0 amide bonds. The van der Waals surface area contributed by atoms with E-state index in [1.807, 2.05) is 97.0 Å². The fourth-order valence-corrected chi connectivity index (χ4v) is 5.43. The van der Waals surface area contributed by atoms with Crippen molar-refractivity contribution in [2.24, 2.45) is 0 Å². The Labute approximate surface area is 246 Å². The maximum atomic E-state index is 13.5. The molecule has 4 rings (SSSR count). The Bertz CT molecular complexity index is 1350. The first-order valence-corrected chi connectivity index (χ1v) is 16.3. The zero-order valence-electron chi connectivity index (χ0n) is 22.0. The summed E-state index contributed by atoms with van der Waals surface area (Å²) in [5, 5.41) is 3.56. The summed E-state index contributed by atoms with van der Waals surface area (Å²) in [6, 6.07) is 34.0. The maximum absolute atomic E-state index is 13.5. The zero-order valence-corrected chi connectivity index (χ0v) is 25.3. The number of aryl methyl sites for hydroxylation is 2. The van der Waals surface area contributed by atoms with Gasteiger partial charge in [-0.3, -0.25) is 0 Å². The van der Waals surface area contributed by atoms with E-state index < -0.39 is 16.1 Å². The second-order valence-electron chi connectivity index (χ2n) is 9.20. The molecule has 0 spiro atoms. The second-order valence-corrected chi connectivity index (χ2v) is 10.9. The summed E-state index contributed by atoms with van der Waals surface area (Å²) < 4.78 is 35.8. The van der Waals surface area contributed by atoms with E-state index in [4.69, 9.17) is 4.74 Å². The molecule has 0 bridgehead atoms. The molecule has 39 heavy (non-hydrogen) atoms. The molecule has 2 atom stereocenters. The van der Waals surface area contributed by atoms with Gasteiger partial charge in [-0.05, 0) is 42.7 Å². The van der Waals surface area contributed by atoms with E-state index in [-0.39, 0.29) is 10.9 Å². The average molecular weight is 651 g/mol. The Kier molecular flexibility index (Phi) is 12.8. The summed E-state index contributed by atoms with van der Waals surface area (Å²) in [5.41, 5.74) is 5.21. The van der Waals surface area contributed by atoms with Crippen molar-refractivity contribution in [3.8, 4) is 0 Å². The van der Waals surface area contributed by atoms with E-state index in [1.54, 1.807) is 12.1 Å². The summed E-state index contributed by atoms with van der Waals surface area (Å²) in [5.74, 6) is 0. The SMILES string of the molecule is Cc1ccc(COCCN[C@@H](c2ccccc2)[C@@H](NS(=O)(=O)c2ccc(C)cc2)c2ccccc2)cc1.[Cl][Ru+]. The van der Waals surface area contributed by atoms with Crippen LogP contribution in [-0.2, 0) is 38.7 Å². The van der Waals surface area contributed by atoms with Gasteiger partial charge in [-0.15, -0.1) is 0 Å². The Morgan fingerprint density at radius 2 is 1.21 bits per heavy atom. The normalized spacial score (nSPS) is 12.7. The Balaban J connectivity index is 0.00000205. The van der Waals surface area contributed by atoms with Crippen LogP contribution < -0.4 is 10.0 Å². The third-order valence-corrected chi connectivity index (χ3v) is 7.72. The molecule has 0 heterocycles. The number of sulfonamides is 1. The van der Waals surface area contributed by atoms with Gasteiger partial charge in [0, 0.05) is 6.54 Å². The molecule has 2 N–H and O–H groups in total. The van der Waals surface area contributed by atoms with Gasteiger partial charge in [-0.2, -0.15) is 0 Å². The van der Waals surface area contributed by atoms with Crippen molar-refractivity contribution in [2.75, 3.05) is 13.2 Å². The molecule has 0 aliphatic rings. The van der Waals surface area contributed by atoms with E-state index in [1.165, 1.54) is 5.56 Å². The van der Waals surface area contributed by atoms with Crippen LogP contribution in [0.5, 0.6) is 0 Å². The van der Waals surface area contributed by atoms with E-state index in [9.17, 15) is 8.42 Å². The monoisotopic (exact) mass is 651 g/mol. The molecule has 0 saturated heterocycles. The van der Waals surface area contributed by atoms with Crippen LogP contribution in [0.3, 0.4) is 0 Å². The van der Waals surface area contributed by atoms with Crippen molar-refractivity contribution in [1.82, 2.24) is 10.0 Å². The van der Waals surface area contributed by atoms with Crippen LogP contribution in [0, 0.1) is 13.8 Å². The zero-order chi connectivity index (χ0) is 28.1. The van der Waals surface area contributed by atoms with Crippen molar-refractivity contribution in [1.29, 1.82) is 0 Å². The Morgan fingerprint density at radius 3 is 1.74 bits per heavy atom. The van der Waals surface area contributed by atoms with Gasteiger partial charge < -0.3 is 10.1 Å². The standard InChI is InChI=1S/C31H34N2O3S.ClH.Ru/c1-24-13-17-26(18-14-24)23-36-22-21-32-30(27-9-5-3-6-10-27)31(28-11-7-4-8-12-28)33-37(34,35)29-19-15-25(2)16-20-29;;/h3-20,30-33H,21-23H2,1-2H3;1H;/q;;+2/p-1/t30-,31-;;/m0../s1. The molecule has 206 valence electrons. The molecule has 4 aromatic rings. The van der Waals surface area contributed by atoms with Crippen LogP contribution in [0.4, 0.5) is 0 Å². The third kappa shape index (κ3) is 9.64. The first-order valence-electron chi connectivity index (χ1n) is 12.6. The molecule has 0 saturated carbocycles. The van der Waals surface area contributed by atoms with Crippen molar-refractivity contribution in [3.63, 3.8) is 0 Å². The number of halogens is 1. The predicted molar refractivity (Wildman–Crippen MR) is 155 cm³/mol. The summed E-state index contributed by atoms with van der Waals surface area (Å²) in [6.45, 7) is 5.58. The molecule has 4 aromatic carbocycles. The van der Waals surface area contributed by atoms with Crippen molar-refractivity contribution in [3.05, 3.63) is 137 Å². The molecular weight excluding hydrogens is 617 g/mol. The third-order valence-electron chi connectivity index (χ3n) is 6.26. The number of ether oxygens (including phenoxy) is 1. The number of rotatable bonds is 12. The first kappa shape index (κ1) is 31.2. The van der Waals surface area contributed by atoms with Crippen molar-refractivity contribution >= 4 is 19.7 Å². The van der Waals surface area contributed by atoms with E-state index >= 15 is 0 Å². The minimum absolute atomic E-state index is 0.243. The van der Waals surface area contributed by atoms with E-state index in [2.05, 4.69) is 50.9 Å². The topological polar surface area (TPSA) is 67.4 Å². The molecule has 5 nitrogen and oxygen atoms in total. The first-order chi connectivity index (χ1) is 18.9. The van der Waals surface area contributed by atoms with Crippen LogP contribution in [0.1, 0.15) is 39.9 Å². The summed E-state index contributed by atoms with van der Waals surface area (Å²) in [4.78, 5) is 0.243. The summed E-state index contributed by atoms with van der Waals surface area (Å²) in [6.07, 6.45) is 0. The van der Waals surface area contributed by atoms with Gasteiger partial charge in [0.1, 0.15) is 0 Å². The van der Waals surface area contributed by atoms with Gasteiger partial charge in [-0.1, -0.05) is 108 Å². The predicted octanol–water partition coefficient (Wildman–Crippen LogP) is 6.56. The van der Waals surface area contributed by atoms with Gasteiger partial charge in [0.25, 0.3) is 0 Å². The van der Waals surface area contributed by atoms with Crippen molar-refractivity contribution < 1.29 is 30.5 Å².